The maximum Gasteiger partial charge on any atom is 0.234 e. The molecule has 0 unspecified atom stereocenters. The Hall–Kier alpha value is -1.04. The summed E-state index contributed by atoms with van der Waals surface area (Å²) in [6, 6.07) is 10.6. The number of hydrogen-bond donors (Lipinski definition) is 1. The van der Waals surface area contributed by atoms with E-state index in [0.29, 0.717) is 24.9 Å². The molecule has 0 bridgehead atoms. The van der Waals surface area contributed by atoms with E-state index < -0.39 is 0 Å². The molecule has 1 aliphatic rings. The molecule has 5 heteroatoms. The summed E-state index contributed by atoms with van der Waals surface area (Å²) in [6.07, 6.45) is 0.866. The summed E-state index contributed by atoms with van der Waals surface area (Å²) in [5, 5.41) is 3.43. The predicted molar refractivity (Wildman–Crippen MR) is 87.6 cm³/mol. The minimum atomic E-state index is 0.116. The Bertz CT molecular complexity index is 428. The van der Waals surface area contributed by atoms with Crippen LogP contribution in [0.25, 0.3) is 0 Å². The maximum absolute atomic E-state index is 11.9. The molecule has 0 spiro atoms. The van der Waals surface area contributed by atoms with E-state index in [1.807, 2.05) is 17.8 Å². The van der Waals surface area contributed by atoms with Crippen molar-refractivity contribution in [3.8, 4) is 0 Å². The molecule has 1 aliphatic heterocycles. The molecule has 1 fully saturated rings. The SMILES string of the molecule is COCCCNC(=O)CN1CCS[C@H](c2ccccc2)C1. The van der Waals surface area contributed by atoms with Crippen molar-refractivity contribution in [1.29, 1.82) is 0 Å². The third-order valence-electron chi connectivity index (χ3n) is 3.54. The van der Waals surface area contributed by atoms with Crippen LogP contribution in [0.1, 0.15) is 17.2 Å². The van der Waals surface area contributed by atoms with Crippen LogP contribution in [0.15, 0.2) is 30.3 Å². The second-order valence-electron chi connectivity index (χ2n) is 5.20. The number of hydrogen-bond acceptors (Lipinski definition) is 4. The van der Waals surface area contributed by atoms with Crippen molar-refractivity contribution in [2.75, 3.05) is 45.6 Å². The van der Waals surface area contributed by atoms with Gasteiger partial charge in [-0.25, -0.2) is 0 Å². The average Bonchev–Trinajstić information content (AvgIpc) is 2.53. The molecule has 1 atom stereocenters. The van der Waals surface area contributed by atoms with E-state index in [1.54, 1.807) is 7.11 Å². The van der Waals surface area contributed by atoms with Crippen molar-refractivity contribution >= 4 is 17.7 Å². The monoisotopic (exact) mass is 308 g/mol. The molecular formula is C16H24N2O2S. The molecule has 1 N–H and O–H groups in total. The molecule has 1 aromatic rings. The average molecular weight is 308 g/mol. The molecule has 2 rings (SSSR count). The van der Waals surface area contributed by atoms with Crippen molar-refractivity contribution < 1.29 is 9.53 Å². The van der Waals surface area contributed by atoms with Gasteiger partial charge in [0.05, 0.1) is 6.54 Å². The quantitative estimate of drug-likeness (QED) is 0.782. The molecule has 21 heavy (non-hydrogen) atoms. The zero-order valence-corrected chi connectivity index (χ0v) is 13.4. The molecule has 1 saturated heterocycles. The summed E-state index contributed by atoms with van der Waals surface area (Å²) in [4.78, 5) is 14.2. The third kappa shape index (κ3) is 5.69. The highest BCUT2D eigenvalue weighted by molar-refractivity contribution is 7.99. The van der Waals surface area contributed by atoms with Gasteiger partial charge in [-0.1, -0.05) is 30.3 Å². The summed E-state index contributed by atoms with van der Waals surface area (Å²) < 4.78 is 4.97. The molecule has 0 radical (unpaired) electrons. The van der Waals surface area contributed by atoms with Crippen LogP contribution in [0.5, 0.6) is 0 Å². The Labute approximate surface area is 131 Å². The van der Waals surface area contributed by atoms with Gasteiger partial charge in [0.25, 0.3) is 0 Å². The topological polar surface area (TPSA) is 41.6 Å². The molecule has 1 heterocycles. The normalized spacial score (nSPS) is 19.4. The lowest BCUT2D eigenvalue weighted by Crippen LogP contribution is -2.42. The van der Waals surface area contributed by atoms with E-state index in [4.69, 9.17) is 4.74 Å². The smallest absolute Gasteiger partial charge is 0.234 e. The number of thioether (sulfide) groups is 1. The van der Waals surface area contributed by atoms with E-state index in [0.717, 1.165) is 25.3 Å². The molecule has 4 nitrogen and oxygen atoms in total. The first-order valence-corrected chi connectivity index (χ1v) is 8.49. The maximum atomic E-state index is 11.9. The molecule has 1 amide bonds. The molecule has 116 valence electrons. The van der Waals surface area contributed by atoms with Gasteiger partial charge in [0.1, 0.15) is 0 Å². The number of benzene rings is 1. The van der Waals surface area contributed by atoms with Crippen LogP contribution in [-0.2, 0) is 9.53 Å². The number of nitrogens with one attached hydrogen (secondary N) is 1. The number of nitrogens with zero attached hydrogens (tertiary/aromatic N) is 1. The van der Waals surface area contributed by atoms with Gasteiger partial charge in [-0.2, -0.15) is 11.8 Å². The number of carbonyl (C=O) groups excluding carboxylic acids is 1. The van der Waals surface area contributed by atoms with Crippen molar-refractivity contribution in [2.24, 2.45) is 0 Å². The van der Waals surface area contributed by atoms with Gasteiger partial charge in [-0.3, -0.25) is 9.69 Å². The minimum Gasteiger partial charge on any atom is -0.385 e. The zero-order chi connectivity index (χ0) is 14.9. The Morgan fingerprint density at radius 1 is 1.43 bits per heavy atom. The summed E-state index contributed by atoms with van der Waals surface area (Å²) in [5.41, 5.74) is 1.35. The Morgan fingerprint density at radius 2 is 2.24 bits per heavy atom. The minimum absolute atomic E-state index is 0.116. The summed E-state index contributed by atoms with van der Waals surface area (Å²) >= 11 is 1.98. The highest BCUT2D eigenvalue weighted by Gasteiger charge is 2.22. The first kappa shape index (κ1) is 16.3. The van der Waals surface area contributed by atoms with E-state index in [9.17, 15) is 4.79 Å². The number of amides is 1. The van der Waals surface area contributed by atoms with Gasteiger partial charge in [0.15, 0.2) is 0 Å². The van der Waals surface area contributed by atoms with Gasteiger partial charge in [0.2, 0.25) is 5.91 Å². The van der Waals surface area contributed by atoms with Gasteiger partial charge in [-0.15, -0.1) is 0 Å². The van der Waals surface area contributed by atoms with Crippen molar-refractivity contribution in [1.82, 2.24) is 10.2 Å². The first-order valence-electron chi connectivity index (χ1n) is 7.44. The molecular weight excluding hydrogens is 284 g/mol. The Balaban J connectivity index is 1.75. The van der Waals surface area contributed by atoms with Crippen LogP contribution in [0.2, 0.25) is 0 Å². The second-order valence-corrected chi connectivity index (χ2v) is 6.51. The van der Waals surface area contributed by atoms with Gasteiger partial charge < -0.3 is 10.1 Å². The first-order chi connectivity index (χ1) is 10.3. The Kier molecular flexibility index (Phi) is 7.06. The predicted octanol–water partition coefficient (Wildman–Crippen LogP) is 1.93. The Morgan fingerprint density at radius 3 is 3.00 bits per heavy atom. The summed E-state index contributed by atoms with van der Waals surface area (Å²) in [6.45, 7) is 3.81. The number of ether oxygens (including phenoxy) is 1. The lowest BCUT2D eigenvalue weighted by Gasteiger charge is -2.32. The van der Waals surface area contributed by atoms with Crippen LogP contribution in [-0.4, -0.2) is 56.5 Å². The summed E-state index contributed by atoms with van der Waals surface area (Å²) in [5.74, 6) is 1.20. The fraction of sp³-hybridized carbons (Fsp3) is 0.562. The van der Waals surface area contributed by atoms with Crippen LogP contribution < -0.4 is 5.32 Å². The van der Waals surface area contributed by atoms with E-state index in [1.165, 1.54) is 5.56 Å². The standard InChI is InChI=1S/C16H24N2O2S/c1-20-10-5-8-17-16(19)13-18-9-11-21-15(12-18)14-6-3-2-4-7-14/h2-4,6-7,15H,5,8-13H2,1H3,(H,17,19)/t15-/m0/s1. The zero-order valence-electron chi connectivity index (χ0n) is 12.6. The lowest BCUT2D eigenvalue weighted by molar-refractivity contribution is -0.122. The highest BCUT2D eigenvalue weighted by Crippen LogP contribution is 2.32. The largest absolute Gasteiger partial charge is 0.385 e. The van der Waals surface area contributed by atoms with E-state index in [2.05, 4.69) is 34.5 Å². The van der Waals surface area contributed by atoms with Crippen LogP contribution >= 0.6 is 11.8 Å². The van der Waals surface area contributed by atoms with Crippen molar-refractivity contribution in [3.05, 3.63) is 35.9 Å². The lowest BCUT2D eigenvalue weighted by atomic mass is 10.1. The van der Waals surface area contributed by atoms with Crippen LogP contribution in [0.4, 0.5) is 0 Å². The van der Waals surface area contributed by atoms with Crippen molar-refractivity contribution in [3.63, 3.8) is 0 Å². The van der Waals surface area contributed by atoms with Gasteiger partial charge >= 0.3 is 0 Å². The van der Waals surface area contributed by atoms with Crippen molar-refractivity contribution in [2.45, 2.75) is 11.7 Å². The van der Waals surface area contributed by atoms with Crippen LogP contribution in [0, 0.1) is 0 Å². The third-order valence-corrected chi connectivity index (χ3v) is 4.78. The molecule has 0 aromatic heterocycles. The number of methoxy groups -OCH3 is 1. The van der Waals surface area contributed by atoms with E-state index >= 15 is 0 Å². The highest BCUT2D eigenvalue weighted by atomic mass is 32.2. The second kappa shape index (κ2) is 9.07. The summed E-state index contributed by atoms with van der Waals surface area (Å²) in [7, 11) is 1.68. The fourth-order valence-electron chi connectivity index (χ4n) is 2.42. The number of rotatable bonds is 7. The van der Waals surface area contributed by atoms with E-state index in [-0.39, 0.29) is 5.91 Å². The number of carbonyl (C=O) groups is 1. The van der Waals surface area contributed by atoms with Gasteiger partial charge in [-0.05, 0) is 12.0 Å². The molecule has 0 saturated carbocycles. The molecule has 0 aliphatic carbocycles. The van der Waals surface area contributed by atoms with Gasteiger partial charge in [0, 0.05) is 44.4 Å². The molecule has 1 aromatic carbocycles. The fourth-order valence-corrected chi connectivity index (χ4v) is 3.73. The van der Waals surface area contributed by atoms with Crippen LogP contribution in [0.3, 0.4) is 0 Å².